The summed E-state index contributed by atoms with van der Waals surface area (Å²) < 4.78 is 0. The summed E-state index contributed by atoms with van der Waals surface area (Å²) in [5.74, 6) is 0. The predicted octanol–water partition coefficient (Wildman–Crippen LogP) is 5.02. The molecule has 0 bridgehead atoms. The van der Waals surface area contributed by atoms with Gasteiger partial charge in [-0.05, 0) is 43.9 Å². The van der Waals surface area contributed by atoms with Gasteiger partial charge in [0.05, 0.1) is 5.54 Å². The molecule has 0 amide bonds. The highest BCUT2D eigenvalue weighted by atomic mass is 32.1. The van der Waals surface area contributed by atoms with Gasteiger partial charge in [0.1, 0.15) is 0 Å². The topological polar surface area (TPSA) is 3.24 Å². The van der Waals surface area contributed by atoms with Crippen LogP contribution in [0.25, 0.3) is 6.08 Å². The Morgan fingerprint density at radius 3 is 2.40 bits per heavy atom. The highest BCUT2D eigenvalue weighted by molar-refractivity contribution is 7.10. The van der Waals surface area contributed by atoms with E-state index in [2.05, 4.69) is 85.9 Å². The molecule has 1 nitrogen and oxygen atoms in total. The van der Waals surface area contributed by atoms with E-state index in [-0.39, 0.29) is 5.54 Å². The van der Waals surface area contributed by atoms with Crippen molar-refractivity contribution in [2.24, 2.45) is 0 Å². The number of benzene rings is 1. The molecular weight excluding hydrogens is 262 g/mol. The van der Waals surface area contributed by atoms with Gasteiger partial charge in [0.25, 0.3) is 0 Å². The molecule has 0 aliphatic carbocycles. The quantitative estimate of drug-likeness (QED) is 0.720. The molecule has 1 heterocycles. The molecule has 0 N–H and O–H groups in total. The van der Waals surface area contributed by atoms with Gasteiger partial charge in [-0.2, -0.15) is 0 Å². The zero-order valence-corrected chi connectivity index (χ0v) is 13.4. The molecule has 0 aliphatic rings. The standard InChI is InChI=1S/C18H23NS/c1-4-18(19(2)3,17-13-9-15-20-17)14-8-12-16-10-6-5-7-11-16/h5-13,15H,4,14H2,1-3H3. The van der Waals surface area contributed by atoms with E-state index in [4.69, 9.17) is 0 Å². The Morgan fingerprint density at radius 2 is 1.85 bits per heavy atom. The lowest BCUT2D eigenvalue weighted by atomic mass is 9.88. The fourth-order valence-corrected chi connectivity index (χ4v) is 3.73. The fraction of sp³-hybridized carbons (Fsp3) is 0.333. The Hall–Kier alpha value is -1.38. The molecule has 2 heteroatoms. The summed E-state index contributed by atoms with van der Waals surface area (Å²) in [6, 6.07) is 14.9. The lowest BCUT2D eigenvalue weighted by molar-refractivity contribution is 0.152. The van der Waals surface area contributed by atoms with E-state index in [9.17, 15) is 0 Å². The minimum atomic E-state index is 0.111. The van der Waals surface area contributed by atoms with Gasteiger partial charge < -0.3 is 0 Å². The summed E-state index contributed by atoms with van der Waals surface area (Å²) in [4.78, 5) is 3.80. The first-order chi connectivity index (χ1) is 9.69. The summed E-state index contributed by atoms with van der Waals surface area (Å²) in [7, 11) is 4.36. The third-order valence-corrected chi connectivity index (χ3v) is 5.05. The molecule has 0 radical (unpaired) electrons. The van der Waals surface area contributed by atoms with E-state index >= 15 is 0 Å². The van der Waals surface area contributed by atoms with Crippen molar-refractivity contribution in [2.75, 3.05) is 14.1 Å². The van der Waals surface area contributed by atoms with E-state index in [1.54, 1.807) is 0 Å². The molecule has 106 valence electrons. The van der Waals surface area contributed by atoms with E-state index in [1.165, 1.54) is 10.4 Å². The number of thiophene rings is 1. The summed E-state index contributed by atoms with van der Waals surface area (Å²) >= 11 is 1.85. The minimum absolute atomic E-state index is 0.111. The van der Waals surface area contributed by atoms with Gasteiger partial charge in [0, 0.05) is 4.88 Å². The molecule has 0 fully saturated rings. The second-order valence-electron chi connectivity index (χ2n) is 5.27. The van der Waals surface area contributed by atoms with Crippen LogP contribution in [0.2, 0.25) is 0 Å². The zero-order chi connectivity index (χ0) is 14.4. The molecule has 2 rings (SSSR count). The van der Waals surface area contributed by atoms with E-state index < -0.39 is 0 Å². The van der Waals surface area contributed by atoms with Gasteiger partial charge in [0.2, 0.25) is 0 Å². The minimum Gasteiger partial charge on any atom is -0.299 e. The average Bonchev–Trinajstić information content (AvgIpc) is 2.99. The Labute approximate surface area is 126 Å². The van der Waals surface area contributed by atoms with Gasteiger partial charge in [-0.25, -0.2) is 0 Å². The molecule has 2 aromatic rings. The van der Waals surface area contributed by atoms with Crippen LogP contribution in [0.15, 0.2) is 53.9 Å². The molecule has 1 atom stereocenters. The first-order valence-corrected chi connectivity index (χ1v) is 8.00. The van der Waals surface area contributed by atoms with Crippen molar-refractivity contribution in [3.05, 3.63) is 64.4 Å². The second kappa shape index (κ2) is 6.87. The highest BCUT2D eigenvalue weighted by Gasteiger charge is 2.32. The van der Waals surface area contributed by atoms with Gasteiger partial charge in [-0.3, -0.25) is 4.90 Å². The zero-order valence-electron chi connectivity index (χ0n) is 12.5. The summed E-state index contributed by atoms with van der Waals surface area (Å²) in [6.07, 6.45) is 6.67. The summed E-state index contributed by atoms with van der Waals surface area (Å²) in [5, 5.41) is 2.17. The van der Waals surface area contributed by atoms with Gasteiger partial charge in [-0.1, -0.05) is 55.5 Å². The maximum atomic E-state index is 2.36. The summed E-state index contributed by atoms with van der Waals surface area (Å²) in [6.45, 7) is 2.27. The number of hydrogen-bond acceptors (Lipinski definition) is 2. The monoisotopic (exact) mass is 285 g/mol. The Morgan fingerprint density at radius 1 is 1.10 bits per heavy atom. The Balaban J connectivity index is 2.19. The SMILES string of the molecule is CCC(CC=Cc1ccccc1)(c1cccs1)N(C)C. The molecule has 1 unspecified atom stereocenters. The molecule has 0 spiro atoms. The normalized spacial score (nSPS) is 14.8. The van der Waals surface area contributed by atoms with Crippen LogP contribution in [0.3, 0.4) is 0 Å². The number of rotatable bonds is 6. The van der Waals surface area contributed by atoms with Crippen LogP contribution < -0.4 is 0 Å². The van der Waals surface area contributed by atoms with Crippen molar-refractivity contribution >= 4 is 17.4 Å². The molecule has 0 saturated carbocycles. The van der Waals surface area contributed by atoms with E-state index in [0.29, 0.717) is 0 Å². The smallest absolute Gasteiger partial charge is 0.0580 e. The molecule has 0 aliphatic heterocycles. The molecular formula is C18H23NS. The number of hydrogen-bond donors (Lipinski definition) is 0. The van der Waals surface area contributed by atoms with Gasteiger partial charge in [0.15, 0.2) is 0 Å². The lowest BCUT2D eigenvalue weighted by Crippen LogP contribution is -2.39. The van der Waals surface area contributed by atoms with Crippen molar-refractivity contribution in [2.45, 2.75) is 25.3 Å². The highest BCUT2D eigenvalue weighted by Crippen LogP contribution is 2.37. The first kappa shape index (κ1) is 15.0. The third kappa shape index (κ3) is 3.20. The van der Waals surface area contributed by atoms with E-state index in [1.807, 2.05) is 11.3 Å². The maximum Gasteiger partial charge on any atom is 0.0580 e. The van der Waals surface area contributed by atoms with Gasteiger partial charge >= 0.3 is 0 Å². The first-order valence-electron chi connectivity index (χ1n) is 7.12. The van der Waals surface area contributed by atoms with Crippen LogP contribution in [0.5, 0.6) is 0 Å². The van der Waals surface area contributed by atoms with Crippen LogP contribution in [0.1, 0.15) is 30.2 Å². The predicted molar refractivity (Wildman–Crippen MR) is 90.1 cm³/mol. The second-order valence-corrected chi connectivity index (χ2v) is 6.22. The van der Waals surface area contributed by atoms with Crippen molar-refractivity contribution in [1.82, 2.24) is 4.90 Å². The third-order valence-electron chi connectivity index (χ3n) is 3.99. The van der Waals surface area contributed by atoms with Crippen LogP contribution in [0, 0.1) is 0 Å². The largest absolute Gasteiger partial charge is 0.299 e. The van der Waals surface area contributed by atoms with E-state index in [0.717, 1.165) is 12.8 Å². The number of nitrogens with zero attached hydrogens (tertiary/aromatic N) is 1. The lowest BCUT2D eigenvalue weighted by Gasteiger charge is -2.38. The Kier molecular flexibility index (Phi) is 5.16. The van der Waals surface area contributed by atoms with Gasteiger partial charge in [-0.15, -0.1) is 11.3 Å². The maximum absolute atomic E-state index is 2.36. The molecule has 1 aromatic heterocycles. The molecule has 20 heavy (non-hydrogen) atoms. The van der Waals surface area contributed by atoms with Crippen LogP contribution in [-0.2, 0) is 5.54 Å². The fourth-order valence-electron chi connectivity index (χ4n) is 2.64. The van der Waals surface area contributed by atoms with Crippen LogP contribution in [-0.4, -0.2) is 19.0 Å². The van der Waals surface area contributed by atoms with Crippen molar-refractivity contribution < 1.29 is 0 Å². The van der Waals surface area contributed by atoms with Crippen molar-refractivity contribution in [1.29, 1.82) is 0 Å². The van der Waals surface area contributed by atoms with Crippen LogP contribution in [0.4, 0.5) is 0 Å². The van der Waals surface area contributed by atoms with Crippen molar-refractivity contribution in [3.63, 3.8) is 0 Å². The molecule has 0 saturated heterocycles. The van der Waals surface area contributed by atoms with Crippen molar-refractivity contribution in [3.8, 4) is 0 Å². The molecule has 1 aromatic carbocycles. The summed E-state index contributed by atoms with van der Waals surface area (Å²) in [5.41, 5.74) is 1.38. The van der Waals surface area contributed by atoms with Crippen LogP contribution >= 0.6 is 11.3 Å². The Bertz CT molecular complexity index is 528. The average molecular weight is 285 g/mol.